The van der Waals surface area contributed by atoms with Gasteiger partial charge in [-0.25, -0.2) is 4.79 Å². The lowest BCUT2D eigenvalue weighted by Gasteiger charge is -2.09. The first-order chi connectivity index (χ1) is 9.63. The van der Waals surface area contributed by atoms with Gasteiger partial charge >= 0.3 is 5.97 Å². The van der Waals surface area contributed by atoms with E-state index in [1.54, 1.807) is 0 Å². The van der Waals surface area contributed by atoms with Crippen LogP contribution in [0.5, 0.6) is 0 Å². The standard InChI is InChI=1S/C18H20O2/c1-4-14-10-16(15-8-6-13(3)7-9-15)12-17(11-14)18(19)20-5-2/h6-12H,4-5H2,1-3H3. The summed E-state index contributed by atoms with van der Waals surface area (Å²) in [5, 5.41) is 0. The van der Waals surface area contributed by atoms with Gasteiger partial charge in [0.1, 0.15) is 0 Å². The van der Waals surface area contributed by atoms with Gasteiger partial charge < -0.3 is 4.74 Å². The van der Waals surface area contributed by atoms with Crippen molar-refractivity contribution in [1.29, 1.82) is 0 Å². The van der Waals surface area contributed by atoms with Crippen molar-refractivity contribution in [2.75, 3.05) is 6.61 Å². The van der Waals surface area contributed by atoms with Gasteiger partial charge in [-0.1, -0.05) is 42.8 Å². The van der Waals surface area contributed by atoms with Crippen LogP contribution >= 0.6 is 0 Å². The van der Waals surface area contributed by atoms with E-state index >= 15 is 0 Å². The number of esters is 1. The minimum absolute atomic E-state index is 0.254. The Bertz CT molecular complexity index is 597. The van der Waals surface area contributed by atoms with Gasteiger partial charge in [-0.2, -0.15) is 0 Å². The Morgan fingerprint density at radius 1 is 1.00 bits per heavy atom. The highest BCUT2D eigenvalue weighted by atomic mass is 16.5. The Balaban J connectivity index is 2.44. The number of carbonyl (C=O) groups is 1. The topological polar surface area (TPSA) is 26.3 Å². The monoisotopic (exact) mass is 268 g/mol. The molecule has 0 saturated heterocycles. The molecule has 2 rings (SSSR count). The summed E-state index contributed by atoms with van der Waals surface area (Å²) >= 11 is 0. The molecule has 0 amide bonds. The zero-order chi connectivity index (χ0) is 14.5. The van der Waals surface area contributed by atoms with E-state index in [1.807, 2.05) is 19.1 Å². The average molecular weight is 268 g/mol. The number of benzene rings is 2. The summed E-state index contributed by atoms with van der Waals surface area (Å²) in [6, 6.07) is 14.3. The molecule has 0 fully saturated rings. The lowest BCUT2D eigenvalue weighted by molar-refractivity contribution is 0.0526. The number of aryl methyl sites for hydroxylation is 2. The summed E-state index contributed by atoms with van der Waals surface area (Å²) in [6.07, 6.45) is 0.895. The molecule has 0 atom stereocenters. The molecule has 0 aromatic heterocycles. The Morgan fingerprint density at radius 2 is 1.70 bits per heavy atom. The van der Waals surface area contributed by atoms with E-state index in [2.05, 4.69) is 44.2 Å². The summed E-state index contributed by atoms with van der Waals surface area (Å²) in [5.41, 5.74) is 5.18. The summed E-state index contributed by atoms with van der Waals surface area (Å²) in [6.45, 7) is 6.37. The van der Waals surface area contributed by atoms with Crippen molar-refractivity contribution in [2.45, 2.75) is 27.2 Å². The molecule has 104 valence electrons. The van der Waals surface area contributed by atoms with E-state index in [1.165, 1.54) is 5.56 Å². The van der Waals surface area contributed by atoms with Gasteiger partial charge in [-0.05, 0) is 49.1 Å². The van der Waals surface area contributed by atoms with Gasteiger partial charge in [-0.3, -0.25) is 0 Å². The number of hydrogen-bond acceptors (Lipinski definition) is 2. The third-order valence-electron chi connectivity index (χ3n) is 3.30. The molecule has 0 saturated carbocycles. The Hall–Kier alpha value is -2.09. The van der Waals surface area contributed by atoms with E-state index in [4.69, 9.17) is 4.74 Å². The van der Waals surface area contributed by atoms with Crippen LogP contribution in [0.25, 0.3) is 11.1 Å². The normalized spacial score (nSPS) is 10.3. The van der Waals surface area contributed by atoms with Crippen LogP contribution in [0.4, 0.5) is 0 Å². The lowest BCUT2D eigenvalue weighted by Crippen LogP contribution is -2.05. The molecule has 0 radical (unpaired) electrons. The highest BCUT2D eigenvalue weighted by Gasteiger charge is 2.10. The third kappa shape index (κ3) is 3.27. The zero-order valence-corrected chi connectivity index (χ0v) is 12.3. The fourth-order valence-electron chi connectivity index (χ4n) is 2.14. The molecule has 0 N–H and O–H groups in total. The van der Waals surface area contributed by atoms with Gasteiger partial charge in [0.15, 0.2) is 0 Å². The molecular formula is C18H20O2. The molecule has 0 heterocycles. The number of ether oxygens (including phenoxy) is 1. The molecule has 0 unspecified atom stereocenters. The van der Waals surface area contributed by atoms with Crippen LogP contribution < -0.4 is 0 Å². The van der Waals surface area contributed by atoms with Gasteiger partial charge in [0.2, 0.25) is 0 Å². The molecular weight excluding hydrogens is 248 g/mol. The molecule has 0 spiro atoms. The summed E-state index contributed by atoms with van der Waals surface area (Å²) in [4.78, 5) is 11.9. The molecule has 0 bridgehead atoms. The summed E-state index contributed by atoms with van der Waals surface area (Å²) in [7, 11) is 0. The van der Waals surface area contributed by atoms with Gasteiger partial charge in [-0.15, -0.1) is 0 Å². The van der Waals surface area contributed by atoms with E-state index in [9.17, 15) is 4.79 Å². The second-order valence-electron chi connectivity index (χ2n) is 4.86. The molecule has 0 aliphatic carbocycles. The number of rotatable bonds is 4. The Labute approximate surface area is 120 Å². The average Bonchev–Trinajstić information content (AvgIpc) is 2.47. The largest absolute Gasteiger partial charge is 0.462 e. The van der Waals surface area contributed by atoms with Crippen LogP contribution in [-0.4, -0.2) is 12.6 Å². The lowest BCUT2D eigenvalue weighted by atomic mass is 9.98. The maximum atomic E-state index is 11.9. The molecule has 20 heavy (non-hydrogen) atoms. The third-order valence-corrected chi connectivity index (χ3v) is 3.30. The van der Waals surface area contributed by atoms with Crippen molar-refractivity contribution in [1.82, 2.24) is 0 Å². The first-order valence-corrected chi connectivity index (χ1v) is 7.02. The van der Waals surface area contributed by atoms with E-state index in [0.29, 0.717) is 12.2 Å². The fourth-order valence-corrected chi connectivity index (χ4v) is 2.14. The molecule has 0 aliphatic rings. The first kappa shape index (κ1) is 14.3. The highest BCUT2D eigenvalue weighted by Crippen LogP contribution is 2.23. The van der Waals surface area contributed by atoms with Crippen molar-refractivity contribution in [3.05, 3.63) is 59.2 Å². The van der Waals surface area contributed by atoms with E-state index < -0.39 is 0 Å². The quantitative estimate of drug-likeness (QED) is 0.768. The second kappa shape index (κ2) is 6.38. The molecule has 2 aromatic carbocycles. The van der Waals surface area contributed by atoms with Crippen LogP contribution in [0.2, 0.25) is 0 Å². The Morgan fingerprint density at radius 3 is 2.30 bits per heavy atom. The Kier molecular flexibility index (Phi) is 4.57. The number of hydrogen-bond donors (Lipinski definition) is 0. The van der Waals surface area contributed by atoms with Gasteiger partial charge in [0.05, 0.1) is 12.2 Å². The zero-order valence-electron chi connectivity index (χ0n) is 12.3. The minimum Gasteiger partial charge on any atom is -0.462 e. The molecule has 0 aliphatic heterocycles. The SMILES string of the molecule is CCOC(=O)c1cc(CC)cc(-c2ccc(C)cc2)c1. The molecule has 2 heteroatoms. The van der Waals surface area contributed by atoms with E-state index in [-0.39, 0.29) is 5.97 Å². The molecule has 2 aromatic rings. The van der Waals surface area contributed by atoms with Crippen molar-refractivity contribution in [2.24, 2.45) is 0 Å². The van der Waals surface area contributed by atoms with Gasteiger partial charge in [0.25, 0.3) is 0 Å². The van der Waals surface area contributed by atoms with Crippen LogP contribution in [0, 0.1) is 6.92 Å². The van der Waals surface area contributed by atoms with Crippen LogP contribution in [-0.2, 0) is 11.2 Å². The predicted octanol–water partition coefficient (Wildman–Crippen LogP) is 4.40. The summed E-state index contributed by atoms with van der Waals surface area (Å²) < 4.78 is 5.10. The van der Waals surface area contributed by atoms with Crippen molar-refractivity contribution in [3.8, 4) is 11.1 Å². The van der Waals surface area contributed by atoms with Crippen molar-refractivity contribution >= 4 is 5.97 Å². The van der Waals surface area contributed by atoms with Crippen molar-refractivity contribution in [3.63, 3.8) is 0 Å². The molecule has 2 nitrogen and oxygen atoms in total. The predicted molar refractivity (Wildman–Crippen MR) is 81.9 cm³/mol. The highest BCUT2D eigenvalue weighted by molar-refractivity contribution is 5.91. The first-order valence-electron chi connectivity index (χ1n) is 7.02. The minimum atomic E-state index is -0.254. The van der Waals surface area contributed by atoms with Crippen LogP contribution in [0.3, 0.4) is 0 Å². The van der Waals surface area contributed by atoms with Gasteiger partial charge in [0, 0.05) is 0 Å². The van der Waals surface area contributed by atoms with Crippen molar-refractivity contribution < 1.29 is 9.53 Å². The van der Waals surface area contributed by atoms with Crippen LogP contribution in [0.1, 0.15) is 35.3 Å². The number of carbonyl (C=O) groups excluding carboxylic acids is 1. The maximum Gasteiger partial charge on any atom is 0.338 e. The fraction of sp³-hybridized carbons (Fsp3) is 0.278. The van der Waals surface area contributed by atoms with E-state index in [0.717, 1.165) is 23.1 Å². The maximum absolute atomic E-state index is 11.9. The second-order valence-corrected chi connectivity index (χ2v) is 4.86. The summed E-state index contributed by atoms with van der Waals surface area (Å²) in [5.74, 6) is -0.254. The smallest absolute Gasteiger partial charge is 0.338 e. The van der Waals surface area contributed by atoms with Crippen LogP contribution in [0.15, 0.2) is 42.5 Å².